The van der Waals surface area contributed by atoms with Crippen molar-refractivity contribution in [3.05, 3.63) is 65.2 Å². The van der Waals surface area contributed by atoms with Crippen LogP contribution in [0, 0.1) is 11.6 Å². The molecule has 4 nitrogen and oxygen atoms in total. The van der Waals surface area contributed by atoms with Gasteiger partial charge in [0, 0.05) is 11.3 Å². The van der Waals surface area contributed by atoms with E-state index in [-0.39, 0.29) is 29.2 Å². The number of carboxylic acid groups (broad SMARTS) is 1. The molecule has 0 bridgehead atoms. The zero-order valence-corrected chi connectivity index (χ0v) is 11.3. The Kier molecular flexibility index (Phi) is 5.37. The molecule has 2 aromatic rings. The number of halogens is 3. The van der Waals surface area contributed by atoms with Crippen LogP contribution in [0.3, 0.4) is 0 Å². The summed E-state index contributed by atoms with van der Waals surface area (Å²) < 4.78 is 25.8. The molecule has 2 N–H and O–H groups in total. The second-order valence-corrected chi connectivity index (χ2v) is 3.97. The van der Waals surface area contributed by atoms with E-state index in [0.717, 1.165) is 18.2 Å². The van der Waals surface area contributed by atoms with Crippen molar-refractivity contribution in [3.63, 3.8) is 0 Å². The van der Waals surface area contributed by atoms with E-state index in [2.05, 4.69) is 5.32 Å². The molecule has 0 heterocycles. The van der Waals surface area contributed by atoms with Crippen LogP contribution in [0.25, 0.3) is 0 Å². The average molecular weight is 314 g/mol. The predicted octanol–water partition coefficient (Wildman–Crippen LogP) is 3.34. The molecule has 110 valence electrons. The van der Waals surface area contributed by atoms with Crippen LogP contribution in [0.15, 0.2) is 42.5 Å². The maximum Gasteiger partial charge on any atom is 0.335 e. The molecular weight excluding hydrogens is 304 g/mol. The number of anilines is 1. The minimum absolute atomic E-state index is 0. The first-order valence-electron chi connectivity index (χ1n) is 5.57. The Morgan fingerprint density at radius 3 is 2.29 bits per heavy atom. The molecule has 0 radical (unpaired) electrons. The van der Waals surface area contributed by atoms with Crippen LogP contribution in [0.2, 0.25) is 0 Å². The first kappa shape index (κ1) is 16.6. The molecule has 0 saturated carbocycles. The van der Waals surface area contributed by atoms with Gasteiger partial charge in [-0.05, 0) is 36.4 Å². The van der Waals surface area contributed by atoms with E-state index in [1.165, 1.54) is 24.3 Å². The number of carbonyl (C=O) groups excluding carboxylic acids is 1. The summed E-state index contributed by atoms with van der Waals surface area (Å²) in [4.78, 5) is 22.6. The summed E-state index contributed by atoms with van der Waals surface area (Å²) in [7, 11) is 0. The third kappa shape index (κ3) is 4.00. The average Bonchev–Trinajstić information content (AvgIpc) is 2.42. The van der Waals surface area contributed by atoms with Gasteiger partial charge in [0.15, 0.2) is 11.6 Å². The molecule has 0 unspecified atom stereocenters. The zero-order chi connectivity index (χ0) is 14.7. The first-order valence-corrected chi connectivity index (χ1v) is 5.57. The minimum atomic E-state index is -1.13. The van der Waals surface area contributed by atoms with Gasteiger partial charge in [-0.3, -0.25) is 4.79 Å². The Hall–Kier alpha value is -2.47. The number of nitrogens with one attached hydrogen (secondary N) is 1. The van der Waals surface area contributed by atoms with E-state index < -0.39 is 23.5 Å². The molecule has 2 aromatic carbocycles. The van der Waals surface area contributed by atoms with Crippen molar-refractivity contribution in [3.8, 4) is 0 Å². The fourth-order valence-electron chi connectivity index (χ4n) is 1.57. The van der Waals surface area contributed by atoms with Crippen molar-refractivity contribution in [2.75, 3.05) is 5.32 Å². The normalized spacial score (nSPS) is 9.62. The lowest BCUT2D eigenvalue weighted by atomic mass is 10.1. The van der Waals surface area contributed by atoms with E-state index in [1.54, 1.807) is 0 Å². The van der Waals surface area contributed by atoms with Gasteiger partial charge in [-0.25, -0.2) is 13.6 Å². The van der Waals surface area contributed by atoms with Crippen LogP contribution in [0.1, 0.15) is 20.7 Å². The van der Waals surface area contributed by atoms with Crippen molar-refractivity contribution in [1.29, 1.82) is 0 Å². The number of hydrogen-bond acceptors (Lipinski definition) is 2. The van der Waals surface area contributed by atoms with Crippen molar-refractivity contribution < 1.29 is 23.5 Å². The Morgan fingerprint density at radius 2 is 1.67 bits per heavy atom. The number of carbonyl (C=O) groups is 2. The van der Waals surface area contributed by atoms with Gasteiger partial charge in [0.25, 0.3) is 5.91 Å². The van der Waals surface area contributed by atoms with Gasteiger partial charge < -0.3 is 10.4 Å². The predicted molar refractivity (Wildman–Crippen MR) is 75.0 cm³/mol. The van der Waals surface area contributed by atoms with Crippen molar-refractivity contribution in [2.24, 2.45) is 0 Å². The molecular formula is C14H10ClF2NO3. The van der Waals surface area contributed by atoms with Crippen LogP contribution in [-0.2, 0) is 0 Å². The van der Waals surface area contributed by atoms with Gasteiger partial charge in [0.2, 0.25) is 0 Å². The molecule has 0 fully saturated rings. The highest BCUT2D eigenvalue weighted by Gasteiger charge is 2.11. The van der Waals surface area contributed by atoms with E-state index in [4.69, 9.17) is 5.11 Å². The molecule has 0 spiro atoms. The molecule has 0 aliphatic heterocycles. The van der Waals surface area contributed by atoms with Crippen LogP contribution in [-0.4, -0.2) is 17.0 Å². The Labute approximate surface area is 124 Å². The monoisotopic (exact) mass is 313 g/mol. The minimum Gasteiger partial charge on any atom is -0.478 e. The van der Waals surface area contributed by atoms with Gasteiger partial charge in [-0.1, -0.05) is 6.07 Å². The quantitative estimate of drug-likeness (QED) is 0.913. The summed E-state index contributed by atoms with van der Waals surface area (Å²) in [6.45, 7) is 0. The second-order valence-electron chi connectivity index (χ2n) is 3.97. The number of carboxylic acids is 1. The fraction of sp³-hybridized carbons (Fsp3) is 0. The lowest BCUT2D eigenvalue weighted by Crippen LogP contribution is -2.13. The van der Waals surface area contributed by atoms with Crippen molar-refractivity contribution in [1.82, 2.24) is 0 Å². The maximum absolute atomic E-state index is 13.0. The molecule has 0 aliphatic carbocycles. The van der Waals surface area contributed by atoms with Gasteiger partial charge >= 0.3 is 5.97 Å². The third-order valence-corrected chi connectivity index (χ3v) is 2.55. The lowest BCUT2D eigenvalue weighted by Gasteiger charge is -2.06. The number of aromatic carboxylic acids is 1. The highest BCUT2D eigenvalue weighted by atomic mass is 35.5. The number of hydrogen-bond donors (Lipinski definition) is 2. The summed E-state index contributed by atoms with van der Waals surface area (Å²) in [5.74, 6) is -3.97. The molecule has 0 atom stereocenters. The number of rotatable bonds is 3. The highest BCUT2D eigenvalue weighted by molar-refractivity contribution is 6.04. The van der Waals surface area contributed by atoms with Gasteiger partial charge in [0.05, 0.1) is 5.56 Å². The Morgan fingerprint density at radius 1 is 0.952 bits per heavy atom. The summed E-state index contributed by atoms with van der Waals surface area (Å²) in [6, 6.07) is 8.34. The summed E-state index contributed by atoms with van der Waals surface area (Å²) in [5, 5.41) is 11.2. The molecule has 21 heavy (non-hydrogen) atoms. The Bertz CT molecular complexity index is 692. The summed E-state index contributed by atoms with van der Waals surface area (Å²) >= 11 is 0. The molecule has 7 heteroatoms. The van der Waals surface area contributed by atoms with E-state index >= 15 is 0 Å². The van der Waals surface area contributed by atoms with Gasteiger partial charge in [-0.2, -0.15) is 0 Å². The molecule has 0 aromatic heterocycles. The highest BCUT2D eigenvalue weighted by Crippen LogP contribution is 2.14. The second kappa shape index (κ2) is 6.81. The van der Waals surface area contributed by atoms with E-state index in [9.17, 15) is 18.4 Å². The summed E-state index contributed by atoms with van der Waals surface area (Å²) in [5.41, 5.74) is 0.192. The van der Waals surface area contributed by atoms with Gasteiger partial charge in [-0.15, -0.1) is 12.4 Å². The van der Waals surface area contributed by atoms with E-state index in [0.29, 0.717) is 0 Å². The SMILES string of the molecule is Cl.O=C(O)c1cccc(NC(=O)c2ccc(F)c(F)c2)c1. The maximum atomic E-state index is 13.0. The van der Waals surface area contributed by atoms with E-state index in [1.807, 2.05) is 0 Å². The van der Waals surface area contributed by atoms with Crippen LogP contribution in [0.4, 0.5) is 14.5 Å². The molecule has 2 rings (SSSR count). The molecule has 0 saturated heterocycles. The fourth-order valence-corrected chi connectivity index (χ4v) is 1.57. The van der Waals surface area contributed by atoms with Crippen LogP contribution < -0.4 is 5.32 Å². The van der Waals surface area contributed by atoms with Crippen LogP contribution in [0.5, 0.6) is 0 Å². The van der Waals surface area contributed by atoms with Crippen molar-refractivity contribution >= 4 is 30.0 Å². The smallest absolute Gasteiger partial charge is 0.335 e. The topological polar surface area (TPSA) is 66.4 Å². The lowest BCUT2D eigenvalue weighted by molar-refractivity contribution is 0.0696. The van der Waals surface area contributed by atoms with Crippen molar-refractivity contribution in [2.45, 2.75) is 0 Å². The first-order chi connectivity index (χ1) is 9.47. The zero-order valence-electron chi connectivity index (χ0n) is 10.5. The largest absolute Gasteiger partial charge is 0.478 e. The molecule has 1 amide bonds. The third-order valence-electron chi connectivity index (χ3n) is 2.55. The number of amides is 1. The van der Waals surface area contributed by atoms with Crippen LogP contribution >= 0.6 is 12.4 Å². The Balaban J connectivity index is 0.00000220. The summed E-state index contributed by atoms with van der Waals surface area (Å²) in [6.07, 6.45) is 0. The van der Waals surface area contributed by atoms with Gasteiger partial charge in [0.1, 0.15) is 0 Å². The molecule has 0 aliphatic rings. The standard InChI is InChI=1S/C14H9F2NO3.ClH/c15-11-5-4-8(7-12(11)16)13(18)17-10-3-1-2-9(6-10)14(19)20;/h1-7H,(H,17,18)(H,19,20);1H. The number of benzene rings is 2.